The van der Waals surface area contributed by atoms with E-state index in [9.17, 15) is 9.90 Å². The Balaban J connectivity index is 2.53. The van der Waals surface area contributed by atoms with E-state index < -0.39 is 5.63 Å². The van der Waals surface area contributed by atoms with Gasteiger partial charge >= 0.3 is 5.63 Å². The molecule has 5 nitrogen and oxygen atoms in total. The minimum atomic E-state index is -0.429. The molecule has 0 saturated carbocycles. The molecule has 0 spiro atoms. The number of nitrogens with zero attached hydrogens (tertiary/aromatic N) is 1. The monoisotopic (exact) mass is 291 g/mol. The van der Waals surface area contributed by atoms with E-state index in [2.05, 4.69) is 0 Å². The Morgan fingerprint density at radius 3 is 2.57 bits per heavy atom. The molecule has 0 radical (unpaired) electrons. The molecule has 0 unspecified atom stereocenters. The van der Waals surface area contributed by atoms with Crippen LogP contribution in [0.25, 0.3) is 11.0 Å². The van der Waals surface area contributed by atoms with Crippen molar-refractivity contribution in [2.24, 2.45) is 0 Å². The molecule has 2 rings (SSSR count). The highest BCUT2D eigenvalue weighted by atomic mass is 16.4. The lowest BCUT2D eigenvalue weighted by Crippen LogP contribution is -2.26. The molecule has 0 bridgehead atoms. The third-order valence-corrected chi connectivity index (χ3v) is 3.67. The van der Waals surface area contributed by atoms with Crippen LogP contribution in [0.5, 0.6) is 5.75 Å². The van der Waals surface area contributed by atoms with Crippen LogP contribution in [0, 0.1) is 0 Å². The molecule has 0 aliphatic rings. The molecular formula is C16H21NO4. The topological polar surface area (TPSA) is 73.9 Å². The Morgan fingerprint density at radius 1 is 1.19 bits per heavy atom. The maximum absolute atomic E-state index is 11.7. The molecule has 2 N–H and O–H groups in total. The summed E-state index contributed by atoms with van der Waals surface area (Å²) in [6.07, 6.45) is 0.703. The predicted molar refractivity (Wildman–Crippen MR) is 81.6 cm³/mol. The first-order chi connectivity index (χ1) is 10.1. The Kier molecular flexibility index (Phi) is 4.98. The first-order valence-corrected chi connectivity index (χ1v) is 7.20. The van der Waals surface area contributed by atoms with Gasteiger partial charge in [-0.3, -0.25) is 4.90 Å². The summed E-state index contributed by atoms with van der Waals surface area (Å²) < 4.78 is 5.17. The number of hydrogen-bond donors (Lipinski definition) is 2. The van der Waals surface area contributed by atoms with E-state index in [0.717, 1.165) is 23.1 Å². The van der Waals surface area contributed by atoms with Crippen LogP contribution >= 0.6 is 0 Å². The third-order valence-electron chi connectivity index (χ3n) is 3.67. The van der Waals surface area contributed by atoms with E-state index in [1.807, 2.05) is 24.8 Å². The molecule has 21 heavy (non-hydrogen) atoms. The first kappa shape index (κ1) is 15.5. The van der Waals surface area contributed by atoms with Gasteiger partial charge in [0.05, 0.1) is 6.61 Å². The lowest BCUT2D eigenvalue weighted by Gasteiger charge is -2.20. The van der Waals surface area contributed by atoms with Gasteiger partial charge in [0, 0.05) is 30.6 Å². The highest BCUT2D eigenvalue weighted by Gasteiger charge is 2.12. The van der Waals surface area contributed by atoms with Gasteiger partial charge in [-0.25, -0.2) is 4.79 Å². The van der Waals surface area contributed by atoms with Gasteiger partial charge in [-0.1, -0.05) is 13.8 Å². The molecule has 0 fully saturated rings. The number of benzene rings is 1. The molecule has 0 atom stereocenters. The second-order valence-electron chi connectivity index (χ2n) is 5.01. The van der Waals surface area contributed by atoms with Crippen molar-refractivity contribution in [1.29, 1.82) is 0 Å². The average molecular weight is 291 g/mol. The average Bonchev–Trinajstić information content (AvgIpc) is 2.45. The second-order valence-corrected chi connectivity index (χ2v) is 5.01. The molecule has 0 amide bonds. The number of fused-ring (bicyclic) bond motifs is 1. The zero-order valence-electron chi connectivity index (χ0n) is 12.4. The summed E-state index contributed by atoms with van der Waals surface area (Å²) in [6.45, 7) is 5.94. The van der Waals surface area contributed by atoms with Gasteiger partial charge < -0.3 is 14.6 Å². The predicted octanol–water partition coefficient (Wildman–Crippen LogP) is 1.88. The Labute approximate surface area is 123 Å². The Bertz CT molecular complexity index is 678. The molecule has 1 aromatic heterocycles. The highest BCUT2D eigenvalue weighted by Crippen LogP contribution is 2.27. The summed E-state index contributed by atoms with van der Waals surface area (Å²) in [6, 6.07) is 4.86. The van der Waals surface area contributed by atoms with Crippen LogP contribution in [0.4, 0.5) is 0 Å². The van der Waals surface area contributed by atoms with Crippen molar-refractivity contribution in [2.45, 2.75) is 26.8 Å². The van der Waals surface area contributed by atoms with E-state index in [1.54, 1.807) is 0 Å². The van der Waals surface area contributed by atoms with Crippen molar-refractivity contribution in [2.75, 3.05) is 19.7 Å². The number of likely N-dealkylation sites (N-methyl/N-ethyl adjacent to an activating group) is 1. The molecule has 1 aromatic carbocycles. The summed E-state index contributed by atoms with van der Waals surface area (Å²) in [7, 11) is 0. The van der Waals surface area contributed by atoms with Gasteiger partial charge in [0.2, 0.25) is 0 Å². The smallest absolute Gasteiger partial charge is 0.336 e. The van der Waals surface area contributed by atoms with Gasteiger partial charge in [0.25, 0.3) is 0 Å². The number of phenolic OH excluding ortho intramolecular Hbond substituents is 1. The highest BCUT2D eigenvalue weighted by molar-refractivity contribution is 5.82. The number of aryl methyl sites for hydroxylation is 1. The van der Waals surface area contributed by atoms with Crippen LogP contribution in [0.3, 0.4) is 0 Å². The number of aromatic hydroxyl groups is 1. The summed E-state index contributed by atoms with van der Waals surface area (Å²) in [5, 5.41) is 19.8. The molecule has 1 heterocycles. The minimum absolute atomic E-state index is 0.0776. The Morgan fingerprint density at radius 2 is 1.95 bits per heavy atom. The van der Waals surface area contributed by atoms with E-state index in [0.29, 0.717) is 25.1 Å². The lowest BCUT2D eigenvalue weighted by atomic mass is 10.0. The van der Waals surface area contributed by atoms with Crippen LogP contribution in [0.15, 0.2) is 27.4 Å². The molecule has 0 aliphatic carbocycles. The van der Waals surface area contributed by atoms with Crippen LogP contribution in [-0.2, 0) is 13.0 Å². The quantitative estimate of drug-likeness (QED) is 0.795. The van der Waals surface area contributed by atoms with Crippen LogP contribution in [0.2, 0.25) is 0 Å². The van der Waals surface area contributed by atoms with Gasteiger partial charge in [-0.05, 0) is 30.2 Å². The van der Waals surface area contributed by atoms with Crippen LogP contribution < -0.4 is 5.63 Å². The summed E-state index contributed by atoms with van der Waals surface area (Å²) >= 11 is 0. The lowest BCUT2D eigenvalue weighted by molar-refractivity contribution is 0.197. The standard InChI is InChI=1S/C16H21NO4/c1-3-11-7-13-12(10-17(4-2)5-6-18)8-16(20)21-15(13)9-14(11)19/h7-9,18-19H,3-6,10H2,1-2H3. The van der Waals surface area contributed by atoms with Crippen molar-refractivity contribution < 1.29 is 14.6 Å². The summed E-state index contributed by atoms with van der Waals surface area (Å²) in [4.78, 5) is 13.7. The molecule has 5 heteroatoms. The Hall–Kier alpha value is -1.85. The SMILES string of the molecule is CCc1cc2c(CN(CC)CCO)cc(=O)oc2cc1O. The largest absolute Gasteiger partial charge is 0.508 e. The zero-order chi connectivity index (χ0) is 15.4. The zero-order valence-corrected chi connectivity index (χ0v) is 12.4. The van der Waals surface area contributed by atoms with E-state index in [1.165, 1.54) is 12.1 Å². The van der Waals surface area contributed by atoms with Crippen LogP contribution in [-0.4, -0.2) is 34.8 Å². The van der Waals surface area contributed by atoms with E-state index in [4.69, 9.17) is 9.52 Å². The van der Waals surface area contributed by atoms with E-state index >= 15 is 0 Å². The number of phenols is 1. The maximum Gasteiger partial charge on any atom is 0.336 e. The maximum atomic E-state index is 11.7. The van der Waals surface area contributed by atoms with Crippen molar-refractivity contribution in [3.63, 3.8) is 0 Å². The van der Waals surface area contributed by atoms with Crippen LogP contribution in [0.1, 0.15) is 25.0 Å². The van der Waals surface area contributed by atoms with Crippen molar-refractivity contribution >= 4 is 11.0 Å². The molecular weight excluding hydrogens is 270 g/mol. The number of rotatable bonds is 6. The summed E-state index contributed by atoms with van der Waals surface area (Å²) in [5.41, 5.74) is 1.64. The molecule has 0 aliphatic heterocycles. The normalized spacial score (nSPS) is 11.4. The number of aliphatic hydroxyl groups is 1. The fourth-order valence-electron chi connectivity index (χ4n) is 2.45. The second kappa shape index (κ2) is 6.74. The van der Waals surface area contributed by atoms with Gasteiger partial charge in [-0.2, -0.15) is 0 Å². The molecule has 114 valence electrons. The number of hydrogen-bond acceptors (Lipinski definition) is 5. The fourth-order valence-corrected chi connectivity index (χ4v) is 2.45. The van der Waals surface area contributed by atoms with E-state index in [-0.39, 0.29) is 12.4 Å². The molecule has 0 saturated heterocycles. The summed E-state index contributed by atoms with van der Waals surface area (Å²) in [5.74, 6) is 0.146. The van der Waals surface area contributed by atoms with Gasteiger partial charge in [0.1, 0.15) is 11.3 Å². The van der Waals surface area contributed by atoms with Crippen molar-refractivity contribution in [3.8, 4) is 5.75 Å². The van der Waals surface area contributed by atoms with Crippen molar-refractivity contribution in [1.82, 2.24) is 4.90 Å². The first-order valence-electron chi connectivity index (χ1n) is 7.20. The number of aliphatic hydroxyl groups excluding tert-OH is 1. The third kappa shape index (κ3) is 3.43. The minimum Gasteiger partial charge on any atom is -0.508 e. The van der Waals surface area contributed by atoms with Gasteiger partial charge in [0.15, 0.2) is 0 Å². The fraction of sp³-hybridized carbons (Fsp3) is 0.438. The molecule has 2 aromatic rings. The van der Waals surface area contributed by atoms with Crippen molar-refractivity contribution in [3.05, 3.63) is 39.7 Å². The van der Waals surface area contributed by atoms with Gasteiger partial charge in [-0.15, -0.1) is 0 Å².